The van der Waals surface area contributed by atoms with E-state index in [1.54, 1.807) is 6.08 Å². The summed E-state index contributed by atoms with van der Waals surface area (Å²) in [5.74, 6) is 0.459. The van der Waals surface area contributed by atoms with E-state index in [9.17, 15) is 9.90 Å². The lowest BCUT2D eigenvalue weighted by atomic mass is 9.94. The van der Waals surface area contributed by atoms with Gasteiger partial charge in [0.2, 0.25) is 0 Å². The Morgan fingerprint density at radius 2 is 2.05 bits per heavy atom. The number of hydrogen-bond donors (Lipinski definition) is 2. The largest absolute Gasteiger partial charge is 0.481 e. The van der Waals surface area contributed by atoms with Crippen molar-refractivity contribution in [2.24, 2.45) is 11.8 Å². The van der Waals surface area contributed by atoms with Crippen molar-refractivity contribution in [1.29, 1.82) is 0 Å². The van der Waals surface area contributed by atoms with Crippen LogP contribution in [0.5, 0.6) is 0 Å². The normalized spacial score (nSPS) is 24.6. The van der Waals surface area contributed by atoms with E-state index in [0.29, 0.717) is 12.3 Å². The lowest BCUT2D eigenvalue weighted by Crippen LogP contribution is -2.26. The molecule has 0 bridgehead atoms. The van der Waals surface area contributed by atoms with Crippen LogP contribution in [-0.2, 0) is 4.79 Å². The number of aliphatic carboxylic acids is 1. The van der Waals surface area contributed by atoms with Crippen LogP contribution in [-0.4, -0.2) is 21.8 Å². The van der Waals surface area contributed by atoms with Gasteiger partial charge < -0.3 is 10.2 Å². The van der Waals surface area contributed by atoms with E-state index in [2.05, 4.69) is 20.8 Å². The van der Waals surface area contributed by atoms with Crippen LogP contribution in [0.1, 0.15) is 65.7 Å². The van der Waals surface area contributed by atoms with Crippen molar-refractivity contribution in [2.45, 2.75) is 71.3 Å². The van der Waals surface area contributed by atoms with Gasteiger partial charge in [-0.05, 0) is 31.1 Å². The first-order chi connectivity index (χ1) is 8.81. The summed E-state index contributed by atoms with van der Waals surface area (Å²) in [6.07, 6.45) is 7.79. The zero-order chi connectivity index (χ0) is 14.5. The SMILES string of the molecule is CC(C)CCCC(C)CC1=CC(O)(CC(=O)O)CC1. The number of carboxylic acids is 1. The van der Waals surface area contributed by atoms with E-state index in [0.717, 1.165) is 18.8 Å². The number of carboxylic acid groups (broad SMARTS) is 1. The number of allylic oxidation sites excluding steroid dienone is 1. The molecule has 0 saturated heterocycles. The van der Waals surface area contributed by atoms with E-state index < -0.39 is 11.6 Å². The molecule has 19 heavy (non-hydrogen) atoms. The van der Waals surface area contributed by atoms with Crippen LogP contribution in [0.2, 0.25) is 0 Å². The van der Waals surface area contributed by atoms with Gasteiger partial charge in [-0.3, -0.25) is 4.79 Å². The molecule has 0 spiro atoms. The lowest BCUT2D eigenvalue weighted by molar-refractivity contribution is -0.140. The lowest BCUT2D eigenvalue weighted by Gasteiger charge is -2.16. The van der Waals surface area contributed by atoms with Crippen molar-refractivity contribution in [1.82, 2.24) is 0 Å². The number of aliphatic hydroxyl groups is 1. The minimum Gasteiger partial charge on any atom is -0.481 e. The van der Waals surface area contributed by atoms with Crippen LogP contribution < -0.4 is 0 Å². The Balaban J connectivity index is 2.37. The highest BCUT2D eigenvalue weighted by molar-refractivity contribution is 5.68. The van der Waals surface area contributed by atoms with Crippen molar-refractivity contribution >= 4 is 5.97 Å². The van der Waals surface area contributed by atoms with Crippen molar-refractivity contribution in [3.63, 3.8) is 0 Å². The summed E-state index contributed by atoms with van der Waals surface area (Å²) in [5, 5.41) is 18.9. The highest BCUT2D eigenvalue weighted by Gasteiger charge is 2.32. The van der Waals surface area contributed by atoms with E-state index in [1.807, 2.05) is 0 Å². The van der Waals surface area contributed by atoms with Gasteiger partial charge in [0.25, 0.3) is 0 Å². The van der Waals surface area contributed by atoms with Crippen LogP contribution in [0, 0.1) is 11.8 Å². The molecule has 2 atom stereocenters. The molecule has 1 aliphatic rings. The molecule has 0 saturated carbocycles. The third-order valence-electron chi connectivity index (χ3n) is 3.90. The van der Waals surface area contributed by atoms with Gasteiger partial charge in [0.05, 0.1) is 12.0 Å². The summed E-state index contributed by atoms with van der Waals surface area (Å²) in [7, 11) is 0. The number of carbonyl (C=O) groups is 1. The van der Waals surface area contributed by atoms with E-state index in [1.165, 1.54) is 24.8 Å². The average molecular weight is 268 g/mol. The molecule has 0 aromatic heterocycles. The highest BCUT2D eigenvalue weighted by Crippen LogP contribution is 2.34. The second kappa shape index (κ2) is 7.09. The maximum Gasteiger partial charge on any atom is 0.306 e. The quantitative estimate of drug-likeness (QED) is 0.659. The van der Waals surface area contributed by atoms with Crippen molar-refractivity contribution in [3.8, 4) is 0 Å². The van der Waals surface area contributed by atoms with Crippen LogP contribution >= 0.6 is 0 Å². The minimum absolute atomic E-state index is 0.168. The maximum absolute atomic E-state index is 10.7. The van der Waals surface area contributed by atoms with E-state index in [4.69, 9.17) is 5.11 Å². The predicted molar refractivity (Wildman–Crippen MR) is 77.0 cm³/mol. The first-order valence-electron chi connectivity index (χ1n) is 7.45. The zero-order valence-corrected chi connectivity index (χ0v) is 12.5. The van der Waals surface area contributed by atoms with Gasteiger partial charge in [0, 0.05) is 0 Å². The molecule has 110 valence electrons. The Kier molecular flexibility index (Phi) is 6.05. The third kappa shape index (κ3) is 6.24. The highest BCUT2D eigenvalue weighted by atomic mass is 16.4. The monoisotopic (exact) mass is 268 g/mol. The van der Waals surface area contributed by atoms with Crippen LogP contribution in [0.15, 0.2) is 11.6 Å². The zero-order valence-electron chi connectivity index (χ0n) is 12.5. The molecule has 3 heteroatoms. The van der Waals surface area contributed by atoms with Crippen LogP contribution in [0.4, 0.5) is 0 Å². The maximum atomic E-state index is 10.7. The Bertz CT molecular complexity index is 333. The Morgan fingerprint density at radius 1 is 1.37 bits per heavy atom. The van der Waals surface area contributed by atoms with Gasteiger partial charge in [0.15, 0.2) is 0 Å². The summed E-state index contributed by atoms with van der Waals surface area (Å²) in [6, 6.07) is 0. The third-order valence-corrected chi connectivity index (χ3v) is 3.90. The molecule has 0 aromatic rings. The summed E-state index contributed by atoms with van der Waals surface area (Å²) in [6.45, 7) is 6.74. The first-order valence-corrected chi connectivity index (χ1v) is 7.45. The summed E-state index contributed by atoms with van der Waals surface area (Å²) in [5.41, 5.74) is 0.138. The van der Waals surface area contributed by atoms with Crippen molar-refractivity contribution in [3.05, 3.63) is 11.6 Å². The molecule has 0 aromatic carbocycles. The van der Waals surface area contributed by atoms with Gasteiger partial charge in [-0.25, -0.2) is 0 Å². The fraction of sp³-hybridized carbons (Fsp3) is 0.812. The van der Waals surface area contributed by atoms with E-state index in [-0.39, 0.29) is 6.42 Å². The smallest absolute Gasteiger partial charge is 0.306 e. The Morgan fingerprint density at radius 3 is 2.63 bits per heavy atom. The van der Waals surface area contributed by atoms with Crippen molar-refractivity contribution < 1.29 is 15.0 Å². The molecular weight excluding hydrogens is 240 g/mol. The minimum atomic E-state index is -1.10. The average Bonchev–Trinajstić information content (AvgIpc) is 2.57. The fourth-order valence-corrected chi connectivity index (χ4v) is 2.89. The van der Waals surface area contributed by atoms with Gasteiger partial charge in [0.1, 0.15) is 0 Å². The fourth-order valence-electron chi connectivity index (χ4n) is 2.89. The van der Waals surface area contributed by atoms with Crippen molar-refractivity contribution in [2.75, 3.05) is 0 Å². The molecule has 0 radical (unpaired) electrons. The molecule has 3 nitrogen and oxygen atoms in total. The van der Waals surface area contributed by atoms with E-state index >= 15 is 0 Å². The molecule has 1 rings (SSSR count). The molecule has 2 N–H and O–H groups in total. The molecule has 0 amide bonds. The molecule has 0 fully saturated rings. The summed E-state index contributed by atoms with van der Waals surface area (Å²) in [4.78, 5) is 10.7. The van der Waals surface area contributed by atoms with Gasteiger partial charge >= 0.3 is 5.97 Å². The number of hydrogen-bond acceptors (Lipinski definition) is 2. The van der Waals surface area contributed by atoms with Gasteiger partial charge in [-0.15, -0.1) is 0 Å². The second-order valence-corrected chi connectivity index (χ2v) is 6.61. The summed E-state index contributed by atoms with van der Waals surface area (Å²) >= 11 is 0. The second-order valence-electron chi connectivity index (χ2n) is 6.61. The Hall–Kier alpha value is -0.830. The topological polar surface area (TPSA) is 57.5 Å². The molecule has 2 unspecified atom stereocenters. The predicted octanol–water partition coefficient (Wildman–Crippen LogP) is 3.76. The van der Waals surface area contributed by atoms with Gasteiger partial charge in [-0.1, -0.05) is 51.7 Å². The molecular formula is C16H28O3. The van der Waals surface area contributed by atoms with Crippen LogP contribution in [0.25, 0.3) is 0 Å². The molecule has 1 aliphatic carbocycles. The number of rotatable bonds is 8. The molecule has 0 aliphatic heterocycles. The van der Waals surface area contributed by atoms with Crippen LogP contribution in [0.3, 0.4) is 0 Å². The van der Waals surface area contributed by atoms with Gasteiger partial charge in [-0.2, -0.15) is 0 Å². The first kappa shape index (κ1) is 16.2. The molecule has 0 heterocycles. The standard InChI is InChI=1S/C16H28O3/c1-12(2)5-4-6-13(3)9-14-7-8-16(19,10-14)11-15(17)18/h10,12-13,19H,4-9,11H2,1-3H3,(H,17,18). The summed E-state index contributed by atoms with van der Waals surface area (Å²) < 4.78 is 0. The Labute approximate surface area is 116 Å².